The maximum Gasteiger partial charge on any atom is 0.404 e. The number of amides is 1. The fraction of sp³-hybridized carbons (Fsp3) is 0.318. The van der Waals surface area contributed by atoms with Crippen molar-refractivity contribution in [3.63, 3.8) is 0 Å². The molecule has 1 unspecified atom stereocenters. The standard InChI is InChI=1S/C22H24ClFN4O4S/c1-13-6-5-7-16(20(13)24)28-19(33(31,32)15-8-9-18(23)25-12-15)11-14(27-28)10-17(22(2,3)4)26-21(29)30/h5-9,11-12,17,26H,10H2,1-4H3,(H,29,30). The zero-order valence-electron chi connectivity index (χ0n) is 18.5. The third-order valence-electron chi connectivity index (χ3n) is 5.17. The topological polar surface area (TPSA) is 114 Å². The van der Waals surface area contributed by atoms with Gasteiger partial charge in [0.05, 0.1) is 10.6 Å². The van der Waals surface area contributed by atoms with E-state index in [-0.39, 0.29) is 32.9 Å². The van der Waals surface area contributed by atoms with Crippen LogP contribution in [0.5, 0.6) is 0 Å². The van der Waals surface area contributed by atoms with Crippen LogP contribution in [0.3, 0.4) is 0 Å². The third kappa shape index (κ3) is 5.33. The van der Waals surface area contributed by atoms with E-state index in [4.69, 9.17) is 11.6 Å². The molecule has 33 heavy (non-hydrogen) atoms. The molecular formula is C22H24ClFN4O4S. The molecule has 0 aliphatic rings. The molecule has 2 heterocycles. The molecule has 2 aromatic heterocycles. The molecule has 0 bridgehead atoms. The zero-order chi connectivity index (χ0) is 24.6. The minimum atomic E-state index is -4.16. The zero-order valence-corrected chi connectivity index (χ0v) is 20.1. The predicted molar refractivity (Wildman–Crippen MR) is 121 cm³/mol. The Kier molecular flexibility index (Phi) is 6.80. The number of rotatable bonds is 6. The van der Waals surface area contributed by atoms with E-state index < -0.39 is 33.2 Å². The van der Waals surface area contributed by atoms with Crippen LogP contribution in [-0.2, 0) is 16.3 Å². The number of aromatic nitrogens is 3. The van der Waals surface area contributed by atoms with E-state index in [1.165, 1.54) is 24.3 Å². The Morgan fingerprint density at radius 2 is 1.97 bits per heavy atom. The summed E-state index contributed by atoms with van der Waals surface area (Å²) in [5.74, 6) is -0.617. The van der Waals surface area contributed by atoms with Gasteiger partial charge in [-0.1, -0.05) is 44.5 Å². The number of sulfone groups is 1. The Labute approximate surface area is 196 Å². The fourth-order valence-corrected chi connectivity index (χ4v) is 4.69. The van der Waals surface area contributed by atoms with Crippen molar-refractivity contribution in [3.8, 4) is 5.69 Å². The van der Waals surface area contributed by atoms with E-state index >= 15 is 0 Å². The molecule has 3 rings (SSSR count). The van der Waals surface area contributed by atoms with Gasteiger partial charge >= 0.3 is 6.09 Å². The minimum Gasteiger partial charge on any atom is -0.465 e. The average Bonchev–Trinajstić information content (AvgIpc) is 3.13. The van der Waals surface area contributed by atoms with Crippen LogP contribution in [0.1, 0.15) is 32.0 Å². The number of nitrogens with zero attached hydrogens (tertiary/aromatic N) is 3. The van der Waals surface area contributed by atoms with Crippen molar-refractivity contribution in [2.45, 2.75) is 50.1 Å². The number of halogens is 2. The summed E-state index contributed by atoms with van der Waals surface area (Å²) in [5.41, 5.74) is 0.0714. The van der Waals surface area contributed by atoms with Crippen molar-refractivity contribution in [1.29, 1.82) is 0 Å². The number of pyridine rings is 1. The first-order valence-electron chi connectivity index (χ1n) is 10.0. The van der Waals surface area contributed by atoms with Crippen LogP contribution in [0, 0.1) is 18.2 Å². The van der Waals surface area contributed by atoms with Gasteiger partial charge in [0.2, 0.25) is 9.84 Å². The summed E-state index contributed by atoms with van der Waals surface area (Å²) in [4.78, 5) is 15.0. The van der Waals surface area contributed by atoms with Gasteiger partial charge in [-0.3, -0.25) is 0 Å². The summed E-state index contributed by atoms with van der Waals surface area (Å²) in [7, 11) is -4.16. The van der Waals surface area contributed by atoms with E-state index in [9.17, 15) is 22.7 Å². The lowest BCUT2D eigenvalue weighted by Crippen LogP contribution is -2.44. The summed E-state index contributed by atoms with van der Waals surface area (Å²) in [6.45, 7) is 7.11. The van der Waals surface area contributed by atoms with Gasteiger partial charge in [0, 0.05) is 18.7 Å². The molecule has 0 fully saturated rings. The number of hydrogen-bond acceptors (Lipinski definition) is 5. The Bertz CT molecular complexity index is 1280. The number of aryl methyl sites for hydroxylation is 1. The molecule has 3 aromatic rings. The highest BCUT2D eigenvalue weighted by Gasteiger charge is 2.31. The first-order chi connectivity index (χ1) is 15.3. The molecule has 0 spiro atoms. The lowest BCUT2D eigenvalue weighted by Gasteiger charge is -2.29. The molecule has 11 heteroatoms. The molecular weight excluding hydrogens is 471 g/mol. The summed E-state index contributed by atoms with van der Waals surface area (Å²) in [5, 5.41) is 15.9. The molecule has 0 aliphatic carbocycles. The van der Waals surface area contributed by atoms with Gasteiger partial charge in [-0.25, -0.2) is 27.3 Å². The quantitative estimate of drug-likeness (QED) is 0.490. The second kappa shape index (κ2) is 9.11. The fourth-order valence-electron chi connectivity index (χ4n) is 3.24. The highest BCUT2D eigenvalue weighted by Crippen LogP contribution is 2.29. The lowest BCUT2D eigenvalue weighted by atomic mass is 9.84. The number of hydrogen-bond donors (Lipinski definition) is 2. The second-order valence-electron chi connectivity index (χ2n) is 8.69. The summed E-state index contributed by atoms with van der Waals surface area (Å²) in [6, 6.07) is 7.98. The molecule has 0 saturated heterocycles. The van der Waals surface area contributed by atoms with Crippen LogP contribution in [0.25, 0.3) is 5.69 Å². The maximum absolute atomic E-state index is 15.0. The van der Waals surface area contributed by atoms with Crippen LogP contribution in [0.2, 0.25) is 5.15 Å². The third-order valence-corrected chi connectivity index (χ3v) is 7.10. The number of nitrogens with one attached hydrogen (secondary N) is 1. The summed E-state index contributed by atoms with van der Waals surface area (Å²) >= 11 is 5.79. The molecule has 8 nitrogen and oxygen atoms in total. The van der Waals surface area contributed by atoms with Crippen LogP contribution >= 0.6 is 11.6 Å². The first-order valence-corrected chi connectivity index (χ1v) is 11.9. The molecule has 2 N–H and O–H groups in total. The Balaban J connectivity index is 2.19. The average molecular weight is 495 g/mol. The molecule has 0 saturated carbocycles. The first kappa shape index (κ1) is 24.7. The maximum atomic E-state index is 15.0. The van der Waals surface area contributed by atoms with Crippen molar-refractivity contribution in [2.24, 2.45) is 5.41 Å². The largest absolute Gasteiger partial charge is 0.465 e. The SMILES string of the molecule is Cc1cccc(-n2nc(CC(NC(=O)O)C(C)(C)C)cc2S(=O)(=O)c2ccc(Cl)nc2)c1F. The Morgan fingerprint density at radius 1 is 1.27 bits per heavy atom. The number of carbonyl (C=O) groups is 1. The molecule has 1 atom stereocenters. The molecule has 0 aliphatic heterocycles. The highest BCUT2D eigenvalue weighted by molar-refractivity contribution is 7.91. The van der Waals surface area contributed by atoms with Crippen molar-refractivity contribution in [3.05, 3.63) is 64.8 Å². The van der Waals surface area contributed by atoms with Gasteiger partial charge in [-0.05, 0) is 42.2 Å². The summed E-state index contributed by atoms with van der Waals surface area (Å²) < 4.78 is 42.9. The lowest BCUT2D eigenvalue weighted by molar-refractivity contribution is 0.174. The summed E-state index contributed by atoms with van der Waals surface area (Å²) in [6.07, 6.45) is 0.00205. The van der Waals surface area contributed by atoms with Crippen molar-refractivity contribution in [2.75, 3.05) is 0 Å². The Morgan fingerprint density at radius 3 is 2.55 bits per heavy atom. The van der Waals surface area contributed by atoms with Gasteiger partial charge in [0.25, 0.3) is 0 Å². The van der Waals surface area contributed by atoms with E-state index in [0.29, 0.717) is 5.56 Å². The van der Waals surface area contributed by atoms with Crippen LogP contribution in [-0.4, -0.2) is 40.4 Å². The van der Waals surface area contributed by atoms with Crippen LogP contribution in [0.4, 0.5) is 9.18 Å². The van der Waals surface area contributed by atoms with Crippen molar-refractivity contribution < 1.29 is 22.7 Å². The van der Waals surface area contributed by atoms with Crippen molar-refractivity contribution in [1.82, 2.24) is 20.1 Å². The predicted octanol–water partition coefficient (Wildman–Crippen LogP) is 4.43. The van der Waals surface area contributed by atoms with E-state index in [1.807, 2.05) is 20.8 Å². The van der Waals surface area contributed by atoms with Gasteiger partial charge in [-0.2, -0.15) is 5.10 Å². The van der Waals surface area contributed by atoms with Crippen LogP contribution in [0.15, 0.2) is 52.5 Å². The van der Waals surface area contributed by atoms with E-state index in [0.717, 1.165) is 10.9 Å². The molecule has 0 radical (unpaired) electrons. The van der Waals surface area contributed by atoms with E-state index in [2.05, 4.69) is 15.4 Å². The second-order valence-corrected chi connectivity index (χ2v) is 11.0. The number of benzene rings is 1. The van der Waals surface area contributed by atoms with E-state index in [1.54, 1.807) is 19.1 Å². The van der Waals surface area contributed by atoms with Gasteiger partial charge in [0.15, 0.2) is 10.8 Å². The highest BCUT2D eigenvalue weighted by atomic mass is 35.5. The molecule has 176 valence electrons. The monoisotopic (exact) mass is 494 g/mol. The van der Waals surface area contributed by atoms with Gasteiger partial charge in [0.1, 0.15) is 10.8 Å². The Hall–Kier alpha value is -2.98. The minimum absolute atomic E-state index is 0.0414. The molecule has 1 aromatic carbocycles. The normalized spacial score (nSPS) is 13.0. The van der Waals surface area contributed by atoms with Crippen molar-refractivity contribution >= 4 is 27.5 Å². The number of carboxylic acid groups (broad SMARTS) is 1. The van der Waals surface area contributed by atoms with Gasteiger partial charge < -0.3 is 10.4 Å². The van der Waals surface area contributed by atoms with Crippen LogP contribution < -0.4 is 5.32 Å². The smallest absolute Gasteiger partial charge is 0.404 e. The van der Waals surface area contributed by atoms with Gasteiger partial charge in [-0.15, -0.1) is 0 Å². The molecule has 1 amide bonds.